The lowest BCUT2D eigenvalue weighted by molar-refractivity contribution is -0.119. The maximum Gasteiger partial charge on any atom is 0.255 e. The molecule has 110 valence electrons. The second-order valence-corrected chi connectivity index (χ2v) is 5.08. The van der Waals surface area contributed by atoms with Crippen LogP contribution in [0.3, 0.4) is 0 Å². The normalized spacial score (nSPS) is 11.7. The van der Waals surface area contributed by atoms with Crippen LogP contribution in [0.2, 0.25) is 5.02 Å². The Morgan fingerprint density at radius 2 is 2.05 bits per heavy atom. The summed E-state index contributed by atoms with van der Waals surface area (Å²) in [5, 5.41) is 4.07. The van der Waals surface area contributed by atoms with Gasteiger partial charge in [-0.2, -0.15) is 0 Å². The molecule has 0 saturated heterocycles. The quantitative estimate of drug-likeness (QED) is 0.860. The third-order valence-corrected chi connectivity index (χ3v) is 3.31. The van der Waals surface area contributed by atoms with Gasteiger partial charge in [0.2, 0.25) is 0 Å². The van der Waals surface area contributed by atoms with E-state index in [-0.39, 0.29) is 12.6 Å². The van der Waals surface area contributed by atoms with Gasteiger partial charge in [0, 0.05) is 22.8 Å². The molecule has 2 aromatic rings. The van der Waals surface area contributed by atoms with Gasteiger partial charge >= 0.3 is 0 Å². The van der Waals surface area contributed by atoms with Crippen LogP contribution in [0.15, 0.2) is 48.5 Å². The minimum absolute atomic E-state index is 0.0464. The van der Waals surface area contributed by atoms with E-state index in [1.54, 1.807) is 6.07 Å². The predicted octanol–water partition coefficient (Wildman–Crippen LogP) is 3.38. The highest BCUT2D eigenvalue weighted by molar-refractivity contribution is 6.31. The minimum atomic E-state index is -0.502. The third-order valence-electron chi connectivity index (χ3n) is 2.97. The van der Waals surface area contributed by atoms with Crippen molar-refractivity contribution in [1.29, 1.82) is 0 Å². The van der Waals surface area contributed by atoms with Crippen molar-refractivity contribution in [2.45, 2.75) is 13.0 Å². The molecule has 0 aliphatic carbocycles. The molecule has 4 nitrogen and oxygen atoms in total. The first kappa shape index (κ1) is 15.2. The maximum absolute atomic E-state index is 10.7. The molecular formula is C16H17ClN2O2. The molecule has 0 radical (unpaired) electrons. The summed E-state index contributed by atoms with van der Waals surface area (Å²) in [7, 11) is 0. The van der Waals surface area contributed by atoms with Crippen molar-refractivity contribution in [3.8, 4) is 5.75 Å². The monoisotopic (exact) mass is 304 g/mol. The number of halogens is 1. The zero-order valence-electron chi connectivity index (χ0n) is 11.7. The summed E-state index contributed by atoms with van der Waals surface area (Å²) < 4.78 is 5.28. The van der Waals surface area contributed by atoms with Crippen molar-refractivity contribution in [1.82, 2.24) is 0 Å². The Kier molecular flexibility index (Phi) is 5.06. The topological polar surface area (TPSA) is 64.3 Å². The first-order chi connectivity index (χ1) is 10.1. The zero-order valence-corrected chi connectivity index (χ0v) is 12.4. The number of nitrogens with two attached hydrogens (primary N) is 1. The largest absolute Gasteiger partial charge is 0.484 e. The number of carbonyl (C=O) groups is 1. The molecule has 1 atom stereocenters. The van der Waals surface area contributed by atoms with Crippen LogP contribution in [0.5, 0.6) is 5.75 Å². The van der Waals surface area contributed by atoms with Crippen LogP contribution >= 0.6 is 11.6 Å². The first-order valence-corrected chi connectivity index (χ1v) is 6.96. The number of primary amides is 1. The highest BCUT2D eigenvalue weighted by Crippen LogP contribution is 2.27. The summed E-state index contributed by atoms with van der Waals surface area (Å²) in [6.07, 6.45) is 0. The highest BCUT2D eigenvalue weighted by atomic mass is 35.5. The van der Waals surface area contributed by atoms with Crippen LogP contribution in [0, 0.1) is 0 Å². The summed E-state index contributed by atoms with van der Waals surface area (Å²) in [6, 6.07) is 15.1. The molecule has 0 spiro atoms. The van der Waals surface area contributed by atoms with Gasteiger partial charge in [0.25, 0.3) is 5.91 Å². The fourth-order valence-corrected chi connectivity index (χ4v) is 2.28. The number of amides is 1. The lowest BCUT2D eigenvalue weighted by atomic mass is 10.1. The second kappa shape index (κ2) is 6.99. The molecule has 0 bridgehead atoms. The van der Waals surface area contributed by atoms with E-state index in [2.05, 4.69) is 5.32 Å². The first-order valence-electron chi connectivity index (χ1n) is 6.58. The van der Waals surface area contributed by atoms with Crippen molar-refractivity contribution < 1.29 is 9.53 Å². The molecule has 0 aliphatic rings. The van der Waals surface area contributed by atoms with Crippen molar-refractivity contribution in [3.05, 3.63) is 59.1 Å². The Labute approximate surface area is 128 Å². The average molecular weight is 305 g/mol. The SMILES string of the molecule is CC(Nc1cccc(OCC(N)=O)c1)c1ccccc1Cl. The zero-order chi connectivity index (χ0) is 15.2. The molecule has 3 N–H and O–H groups in total. The van der Waals surface area contributed by atoms with Gasteiger partial charge in [0.1, 0.15) is 5.75 Å². The molecular weight excluding hydrogens is 288 g/mol. The fourth-order valence-electron chi connectivity index (χ4n) is 1.98. The maximum atomic E-state index is 10.7. The molecule has 0 saturated carbocycles. The van der Waals surface area contributed by atoms with Crippen molar-refractivity contribution in [2.75, 3.05) is 11.9 Å². The molecule has 0 aliphatic heterocycles. The van der Waals surface area contributed by atoms with Gasteiger partial charge in [-0.05, 0) is 30.7 Å². The number of rotatable bonds is 6. The fraction of sp³-hybridized carbons (Fsp3) is 0.188. The van der Waals surface area contributed by atoms with Gasteiger partial charge in [0.05, 0.1) is 0 Å². The molecule has 2 rings (SSSR count). The van der Waals surface area contributed by atoms with Crippen molar-refractivity contribution in [2.24, 2.45) is 5.73 Å². The van der Waals surface area contributed by atoms with Crippen LogP contribution in [0.1, 0.15) is 18.5 Å². The Morgan fingerprint density at radius 3 is 2.76 bits per heavy atom. The standard InChI is InChI=1S/C16H17ClN2O2/c1-11(14-7-2-3-8-15(14)17)19-12-5-4-6-13(9-12)21-10-16(18)20/h2-9,11,19H,10H2,1H3,(H2,18,20). The van der Waals surface area contributed by atoms with Crippen LogP contribution in [-0.2, 0) is 4.79 Å². The van der Waals surface area contributed by atoms with Crippen molar-refractivity contribution in [3.63, 3.8) is 0 Å². The summed E-state index contributed by atoms with van der Waals surface area (Å²) in [5.74, 6) is 0.0861. The molecule has 0 fully saturated rings. The smallest absolute Gasteiger partial charge is 0.255 e. The number of carbonyl (C=O) groups excluding carboxylic acids is 1. The summed E-state index contributed by atoms with van der Waals surface area (Å²) in [4.78, 5) is 10.7. The van der Waals surface area contributed by atoms with Gasteiger partial charge in [-0.3, -0.25) is 4.79 Å². The van der Waals surface area contributed by atoms with E-state index in [1.165, 1.54) is 0 Å². The number of anilines is 1. The summed E-state index contributed by atoms with van der Waals surface area (Å²) >= 11 is 6.19. The molecule has 1 unspecified atom stereocenters. The van der Waals surface area contributed by atoms with Crippen molar-refractivity contribution >= 4 is 23.2 Å². The molecule has 1 amide bonds. The number of hydrogen-bond acceptors (Lipinski definition) is 3. The van der Waals surface area contributed by atoms with Crippen LogP contribution in [0.25, 0.3) is 0 Å². The average Bonchev–Trinajstić information content (AvgIpc) is 2.46. The van der Waals surface area contributed by atoms with E-state index in [0.717, 1.165) is 16.3 Å². The molecule has 0 aromatic heterocycles. The number of benzene rings is 2. The van der Waals surface area contributed by atoms with Crippen LogP contribution < -0.4 is 15.8 Å². The molecule has 21 heavy (non-hydrogen) atoms. The number of hydrogen-bond donors (Lipinski definition) is 2. The van der Waals surface area contributed by atoms with E-state index < -0.39 is 5.91 Å². The van der Waals surface area contributed by atoms with Gasteiger partial charge in [0.15, 0.2) is 6.61 Å². The van der Waals surface area contributed by atoms with Gasteiger partial charge < -0.3 is 15.8 Å². The van der Waals surface area contributed by atoms with Gasteiger partial charge in [-0.15, -0.1) is 0 Å². The summed E-state index contributed by atoms with van der Waals surface area (Å²) in [6.45, 7) is 1.89. The minimum Gasteiger partial charge on any atom is -0.484 e. The molecule has 5 heteroatoms. The van der Waals surface area contributed by atoms with Crippen LogP contribution in [-0.4, -0.2) is 12.5 Å². The third kappa shape index (κ3) is 4.39. The number of ether oxygens (including phenoxy) is 1. The Morgan fingerprint density at radius 1 is 1.29 bits per heavy atom. The van der Waals surface area contributed by atoms with Crippen LogP contribution in [0.4, 0.5) is 5.69 Å². The number of nitrogens with one attached hydrogen (secondary N) is 1. The second-order valence-electron chi connectivity index (χ2n) is 4.67. The lowest BCUT2D eigenvalue weighted by Crippen LogP contribution is -2.20. The molecule has 2 aromatic carbocycles. The predicted molar refractivity (Wildman–Crippen MR) is 84.6 cm³/mol. The van der Waals surface area contributed by atoms with Gasteiger partial charge in [-0.1, -0.05) is 35.9 Å². The van der Waals surface area contributed by atoms with E-state index in [1.807, 2.05) is 49.4 Å². The van der Waals surface area contributed by atoms with E-state index in [4.69, 9.17) is 22.1 Å². The van der Waals surface area contributed by atoms with E-state index >= 15 is 0 Å². The summed E-state index contributed by atoms with van der Waals surface area (Å²) in [5.41, 5.74) is 6.95. The Balaban J connectivity index is 2.07. The Bertz CT molecular complexity index is 631. The Hall–Kier alpha value is -2.20. The molecule has 0 heterocycles. The van der Waals surface area contributed by atoms with E-state index in [9.17, 15) is 4.79 Å². The van der Waals surface area contributed by atoms with Gasteiger partial charge in [-0.25, -0.2) is 0 Å². The highest BCUT2D eigenvalue weighted by Gasteiger charge is 2.09. The van der Waals surface area contributed by atoms with E-state index in [0.29, 0.717) is 5.75 Å². The lowest BCUT2D eigenvalue weighted by Gasteiger charge is -2.17.